The average molecular weight is 392 g/mol. The zero-order chi connectivity index (χ0) is 19.9. The number of carbonyl (C=O) groups is 2. The fourth-order valence-electron chi connectivity index (χ4n) is 2.63. The molecular formula is C22H20N2O3S. The molecule has 1 aliphatic heterocycles. The van der Waals surface area contributed by atoms with Gasteiger partial charge in [-0.05, 0) is 35.9 Å². The molecule has 0 fully saturated rings. The summed E-state index contributed by atoms with van der Waals surface area (Å²) in [5.41, 5.74) is 1.84. The number of thioether (sulfide) groups is 1. The number of carbonyl (C=O) groups excluding carboxylic acids is 2. The van der Waals surface area contributed by atoms with Crippen molar-refractivity contribution in [1.29, 1.82) is 0 Å². The number of hydrogen-bond donors (Lipinski definition) is 0. The molecular weight excluding hydrogens is 372 g/mol. The zero-order valence-electron chi connectivity index (χ0n) is 15.5. The Hall–Kier alpha value is -3.12. The van der Waals surface area contributed by atoms with Gasteiger partial charge in [-0.1, -0.05) is 48.2 Å². The number of ether oxygens (including phenoxy) is 1. The van der Waals surface area contributed by atoms with E-state index in [-0.39, 0.29) is 17.4 Å². The van der Waals surface area contributed by atoms with Crippen LogP contribution < -0.4 is 4.74 Å². The van der Waals surface area contributed by atoms with Crippen molar-refractivity contribution in [3.63, 3.8) is 0 Å². The Morgan fingerprint density at radius 3 is 2.54 bits per heavy atom. The summed E-state index contributed by atoms with van der Waals surface area (Å²) in [4.78, 5) is 31.1. The van der Waals surface area contributed by atoms with Gasteiger partial charge in [-0.25, -0.2) is 4.99 Å². The maximum absolute atomic E-state index is 12.7. The number of aliphatic imine (C=N–C) groups is 1. The fourth-order valence-corrected chi connectivity index (χ4v) is 3.53. The summed E-state index contributed by atoms with van der Waals surface area (Å²) in [6.07, 6.45) is 3.39. The van der Waals surface area contributed by atoms with Crippen molar-refractivity contribution in [2.75, 3.05) is 19.4 Å². The third-order valence-corrected chi connectivity index (χ3v) is 5.05. The summed E-state index contributed by atoms with van der Waals surface area (Å²) in [7, 11) is 1.58. The summed E-state index contributed by atoms with van der Waals surface area (Å²) in [5.74, 6) is 0.651. The quantitative estimate of drug-likeness (QED) is 0.405. The van der Waals surface area contributed by atoms with Crippen LogP contribution in [0.3, 0.4) is 0 Å². The van der Waals surface area contributed by atoms with Crippen LogP contribution in [0.4, 0.5) is 0 Å². The van der Waals surface area contributed by atoms with E-state index in [2.05, 4.69) is 11.6 Å². The molecule has 0 aromatic heterocycles. The van der Waals surface area contributed by atoms with Gasteiger partial charge in [0.05, 0.1) is 12.9 Å². The number of Topliss-reactive ketones (excluding diaryl/α,β-unsaturated/α-hetero) is 1. The van der Waals surface area contributed by atoms with Crippen LogP contribution in [0.2, 0.25) is 0 Å². The van der Waals surface area contributed by atoms with Crippen LogP contribution >= 0.6 is 11.8 Å². The van der Waals surface area contributed by atoms with E-state index in [1.165, 1.54) is 16.7 Å². The molecule has 0 unspecified atom stereocenters. The van der Waals surface area contributed by atoms with Gasteiger partial charge in [0.25, 0.3) is 5.91 Å². The molecule has 0 saturated carbocycles. The van der Waals surface area contributed by atoms with Crippen LogP contribution in [0.15, 0.2) is 77.9 Å². The highest BCUT2D eigenvalue weighted by Crippen LogP contribution is 2.25. The van der Waals surface area contributed by atoms with Gasteiger partial charge in [0.15, 0.2) is 11.0 Å². The van der Waals surface area contributed by atoms with E-state index in [1.54, 1.807) is 43.5 Å². The lowest BCUT2D eigenvalue weighted by atomic mass is 10.1. The minimum atomic E-state index is -0.192. The van der Waals surface area contributed by atoms with Crippen molar-refractivity contribution in [1.82, 2.24) is 4.90 Å². The lowest BCUT2D eigenvalue weighted by Crippen LogP contribution is -2.31. The fraction of sp³-hybridized carbons (Fsp3) is 0.136. The predicted molar refractivity (Wildman–Crippen MR) is 114 cm³/mol. The number of rotatable bonds is 7. The summed E-state index contributed by atoms with van der Waals surface area (Å²) in [6.45, 7) is 4.05. The monoisotopic (exact) mass is 392 g/mol. The molecule has 0 aliphatic carbocycles. The Morgan fingerprint density at radius 2 is 1.89 bits per heavy atom. The lowest BCUT2D eigenvalue weighted by Gasteiger charge is -2.15. The predicted octanol–water partition coefficient (Wildman–Crippen LogP) is 4.04. The molecule has 1 aliphatic rings. The first kappa shape index (κ1) is 19.6. The van der Waals surface area contributed by atoms with Gasteiger partial charge in [-0.2, -0.15) is 0 Å². The van der Waals surface area contributed by atoms with Gasteiger partial charge in [0.2, 0.25) is 0 Å². The van der Waals surface area contributed by atoms with Crippen molar-refractivity contribution in [3.05, 3.63) is 84.1 Å². The van der Waals surface area contributed by atoms with Crippen molar-refractivity contribution < 1.29 is 14.3 Å². The maximum atomic E-state index is 12.7. The SMILES string of the molecule is C=CCN1C(=O)/C(=C\c2ccccc2)N=C1SCC(=O)c1ccc(OC)cc1. The Kier molecular flexibility index (Phi) is 6.45. The minimum Gasteiger partial charge on any atom is -0.497 e. The first-order valence-electron chi connectivity index (χ1n) is 8.70. The van der Waals surface area contributed by atoms with E-state index in [9.17, 15) is 9.59 Å². The van der Waals surface area contributed by atoms with Gasteiger partial charge >= 0.3 is 0 Å². The Morgan fingerprint density at radius 1 is 1.18 bits per heavy atom. The highest BCUT2D eigenvalue weighted by molar-refractivity contribution is 8.14. The third kappa shape index (κ3) is 4.58. The number of amidine groups is 1. The number of ketones is 1. The summed E-state index contributed by atoms with van der Waals surface area (Å²) in [5, 5.41) is 0.508. The van der Waals surface area contributed by atoms with Crippen LogP contribution in [-0.4, -0.2) is 41.2 Å². The summed E-state index contributed by atoms with van der Waals surface area (Å²) < 4.78 is 5.11. The second kappa shape index (κ2) is 9.19. The molecule has 28 heavy (non-hydrogen) atoms. The molecule has 3 rings (SSSR count). The number of amides is 1. The van der Waals surface area contributed by atoms with Crippen LogP contribution in [-0.2, 0) is 4.79 Å². The van der Waals surface area contributed by atoms with Crippen LogP contribution in [0, 0.1) is 0 Å². The molecule has 0 saturated heterocycles. The number of benzene rings is 2. The minimum absolute atomic E-state index is 0.0400. The van der Waals surface area contributed by atoms with Crippen molar-refractivity contribution in [2.45, 2.75) is 0 Å². The van der Waals surface area contributed by atoms with Gasteiger partial charge in [0.1, 0.15) is 11.4 Å². The van der Waals surface area contributed by atoms with Crippen LogP contribution in [0.25, 0.3) is 6.08 Å². The highest BCUT2D eigenvalue weighted by atomic mass is 32.2. The molecule has 142 valence electrons. The molecule has 0 radical (unpaired) electrons. The molecule has 0 bridgehead atoms. The summed E-state index contributed by atoms with van der Waals surface area (Å²) in [6, 6.07) is 16.5. The first-order chi connectivity index (χ1) is 13.6. The van der Waals surface area contributed by atoms with E-state index in [0.29, 0.717) is 28.7 Å². The van der Waals surface area contributed by atoms with Crippen molar-refractivity contribution in [2.24, 2.45) is 4.99 Å². The van der Waals surface area contributed by atoms with Gasteiger partial charge in [-0.15, -0.1) is 6.58 Å². The average Bonchev–Trinajstić information content (AvgIpc) is 3.02. The molecule has 2 aromatic carbocycles. The number of nitrogens with zero attached hydrogens (tertiary/aromatic N) is 2. The lowest BCUT2D eigenvalue weighted by molar-refractivity contribution is -0.122. The Labute approximate surface area is 168 Å². The standard InChI is InChI=1S/C22H20N2O3S/c1-3-13-24-21(26)19(14-16-7-5-4-6-8-16)23-22(24)28-15-20(25)17-9-11-18(27-2)12-10-17/h3-12,14H,1,13,15H2,2H3/b19-14+. The van der Waals surface area contributed by atoms with Gasteiger partial charge in [-0.3, -0.25) is 14.5 Å². The second-order valence-electron chi connectivity index (χ2n) is 5.98. The van der Waals surface area contributed by atoms with Gasteiger partial charge in [0, 0.05) is 12.1 Å². The smallest absolute Gasteiger partial charge is 0.278 e. The highest BCUT2D eigenvalue weighted by Gasteiger charge is 2.30. The van der Waals surface area contributed by atoms with E-state index in [0.717, 1.165) is 5.56 Å². The van der Waals surface area contributed by atoms with E-state index in [4.69, 9.17) is 4.74 Å². The Bertz CT molecular complexity index is 934. The molecule has 1 amide bonds. The molecule has 1 heterocycles. The molecule has 5 nitrogen and oxygen atoms in total. The third-order valence-electron chi connectivity index (χ3n) is 4.07. The second-order valence-corrected chi connectivity index (χ2v) is 6.92. The normalized spacial score (nSPS) is 14.9. The van der Waals surface area contributed by atoms with E-state index < -0.39 is 0 Å². The van der Waals surface area contributed by atoms with Crippen LogP contribution in [0.5, 0.6) is 5.75 Å². The number of hydrogen-bond acceptors (Lipinski definition) is 5. The summed E-state index contributed by atoms with van der Waals surface area (Å²) >= 11 is 1.25. The van der Waals surface area contributed by atoms with Gasteiger partial charge < -0.3 is 4.74 Å². The maximum Gasteiger partial charge on any atom is 0.278 e. The van der Waals surface area contributed by atoms with Crippen molar-refractivity contribution in [3.8, 4) is 5.75 Å². The number of methoxy groups -OCH3 is 1. The molecule has 2 aromatic rings. The molecule has 0 N–H and O–H groups in total. The Balaban J connectivity index is 1.74. The van der Waals surface area contributed by atoms with E-state index in [1.807, 2.05) is 30.3 Å². The topological polar surface area (TPSA) is 59.0 Å². The molecule has 6 heteroatoms. The molecule has 0 atom stereocenters. The zero-order valence-corrected chi connectivity index (χ0v) is 16.3. The molecule has 0 spiro atoms. The van der Waals surface area contributed by atoms with E-state index >= 15 is 0 Å². The largest absolute Gasteiger partial charge is 0.497 e. The van der Waals surface area contributed by atoms with Crippen LogP contribution in [0.1, 0.15) is 15.9 Å². The first-order valence-corrected chi connectivity index (χ1v) is 9.69. The van der Waals surface area contributed by atoms with Crippen molar-refractivity contribution >= 4 is 34.7 Å².